The number of unbranched alkanes of at least 4 members (excludes halogenated alkanes) is 3. The number of allylic oxidation sites excluding steroid dienone is 6. The van der Waals surface area contributed by atoms with Crippen molar-refractivity contribution < 1.29 is 14.6 Å². The van der Waals surface area contributed by atoms with Gasteiger partial charge in [-0.05, 0) is 38.2 Å². The Morgan fingerprint density at radius 2 is 2.04 bits per heavy atom. The summed E-state index contributed by atoms with van der Waals surface area (Å²) in [5.74, 6) is -0.242. The minimum atomic E-state index is -0.692. The van der Waals surface area contributed by atoms with Gasteiger partial charge in [0.1, 0.15) is 6.10 Å². The van der Waals surface area contributed by atoms with Gasteiger partial charge in [-0.15, -0.1) is 0 Å². The zero-order valence-corrected chi connectivity index (χ0v) is 14.2. The predicted octanol–water partition coefficient (Wildman–Crippen LogP) is 4.64. The Kier molecular flexibility index (Phi) is 10.9. The molecule has 0 aromatic rings. The first-order valence-electron chi connectivity index (χ1n) is 8.76. The van der Waals surface area contributed by atoms with Crippen LogP contribution in [0.2, 0.25) is 0 Å². The third kappa shape index (κ3) is 9.90. The second kappa shape index (κ2) is 12.9. The molecule has 0 bridgehead atoms. The summed E-state index contributed by atoms with van der Waals surface area (Å²) >= 11 is 0. The molecule has 128 valence electrons. The fourth-order valence-corrected chi connectivity index (χ4v) is 2.30. The molecule has 23 heavy (non-hydrogen) atoms. The number of hydrogen-bond acceptors (Lipinski definition) is 3. The largest absolute Gasteiger partial charge is 0.455 e. The normalized spacial score (nSPS) is 25.2. The molecular formula is C20H30O3. The first kappa shape index (κ1) is 19.4. The Morgan fingerprint density at radius 1 is 1.22 bits per heavy atom. The summed E-state index contributed by atoms with van der Waals surface area (Å²) in [6.45, 7) is 2.20. The maximum Gasteiger partial charge on any atom is 0.306 e. The van der Waals surface area contributed by atoms with Crippen LogP contribution in [0.25, 0.3) is 0 Å². The fourth-order valence-electron chi connectivity index (χ4n) is 2.30. The van der Waals surface area contributed by atoms with Gasteiger partial charge in [0.15, 0.2) is 0 Å². The van der Waals surface area contributed by atoms with Crippen molar-refractivity contribution in [2.24, 2.45) is 0 Å². The molecule has 1 aliphatic heterocycles. The van der Waals surface area contributed by atoms with E-state index in [1.807, 2.05) is 36.5 Å². The minimum Gasteiger partial charge on any atom is -0.455 e. The summed E-state index contributed by atoms with van der Waals surface area (Å²) in [4.78, 5) is 11.7. The van der Waals surface area contributed by atoms with Crippen molar-refractivity contribution >= 4 is 5.97 Å². The summed E-state index contributed by atoms with van der Waals surface area (Å²) in [6, 6.07) is 0. The van der Waals surface area contributed by atoms with Crippen LogP contribution < -0.4 is 0 Å². The number of rotatable bonds is 7. The van der Waals surface area contributed by atoms with E-state index in [0.717, 1.165) is 19.3 Å². The van der Waals surface area contributed by atoms with Crippen molar-refractivity contribution in [1.29, 1.82) is 0 Å². The molecule has 1 N–H and O–H groups in total. The van der Waals surface area contributed by atoms with E-state index in [1.54, 1.807) is 6.08 Å². The highest BCUT2D eigenvalue weighted by molar-refractivity contribution is 5.69. The van der Waals surface area contributed by atoms with Crippen LogP contribution in [-0.4, -0.2) is 23.3 Å². The maximum absolute atomic E-state index is 11.7. The average Bonchev–Trinajstić information content (AvgIpc) is 2.54. The summed E-state index contributed by atoms with van der Waals surface area (Å²) < 4.78 is 5.35. The molecule has 1 heterocycles. The van der Waals surface area contributed by atoms with Gasteiger partial charge in [0.05, 0.1) is 6.10 Å². The van der Waals surface area contributed by atoms with E-state index in [-0.39, 0.29) is 5.97 Å². The van der Waals surface area contributed by atoms with Crippen LogP contribution in [0.4, 0.5) is 0 Å². The first-order chi connectivity index (χ1) is 11.2. The highest BCUT2D eigenvalue weighted by atomic mass is 16.6. The maximum atomic E-state index is 11.7. The Labute approximate surface area is 140 Å². The van der Waals surface area contributed by atoms with Crippen molar-refractivity contribution in [3.05, 3.63) is 48.6 Å². The van der Waals surface area contributed by atoms with Crippen LogP contribution in [-0.2, 0) is 9.53 Å². The van der Waals surface area contributed by atoms with E-state index >= 15 is 0 Å². The van der Waals surface area contributed by atoms with Crippen LogP contribution in [0, 0.1) is 0 Å². The summed E-state index contributed by atoms with van der Waals surface area (Å²) in [5, 5.41) is 10.1. The Morgan fingerprint density at radius 3 is 2.87 bits per heavy atom. The van der Waals surface area contributed by atoms with Crippen molar-refractivity contribution in [2.45, 2.75) is 70.5 Å². The molecule has 0 radical (unpaired) electrons. The van der Waals surface area contributed by atoms with Gasteiger partial charge in [-0.2, -0.15) is 0 Å². The summed E-state index contributed by atoms with van der Waals surface area (Å²) in [6.07, 6.45) is 21.7. The number of esters is 1. The number of aliphatic hydroxyl groups excluding tert-OH is 1. The monoisotopic (exact) mass is 318 g/mol. The molecule has 0 saturated heterocycles. The van der Waals surface area contributed by atoms with Gasteiger partial charge >= 0.3 is 5.97 Å². The van der Waals surface area contributed by atoms with Gasteiger partial charge in [-0.25, -0.2) is 0 Å². The second-order valence-corrected chi connectivity index (χ2v) is 5.81. The zero-order valence-electron chi connectivity index (χ0n) is 14.2. The second-order valence-electron chi connectivity index (χ2n) is 5.81. The molecule has 3 nitrogen and oxygen atoms in total. The van der Waals surface area contributed by atoms with E-state index in [1.165, 1.54) is 19.3 Å². The quantitative estimate of drug-likeness (QED) is 0.322. The van der Waals surface area contributed by atoms with Gasteiger partial charge in [0, 0.05) is 6.42 Å². The van der Waals surface area contributed by atoms with Crippen molar-refractivity contribution in [3.8, 4) is 0 Å². The van der Waals surface area contributed by atoms with Crippen LogP contribution in [0.1, 0.15) is 58.3 Å². The lowest BCUT2D eigenvalue weighted by atomic mass is 10.1. The van der Waals surface area contributed by atoms with Crippen molar-refractivity contribution in [2.75, 3.05) is 0 Å². The number of carbonyl (C=O) groups excluding carboxylic acids is 1. The minimum absolute atomic E-state index is 0.242. The molecular weight excluding hydrogens is 288 g/mol. The Bertz CT molecular complexity index is 432. The molecule has 0 aromatic heterocycles. The molecule has 0 saturated carbocycles. The fraction of sp³-hybridized carbons (Fsp3) is 0.550. The molecule has 0 unspecified atom stereocenters. The van der Waals surface area contributed by atoms with E-state index in [0.29, 0.717) is 12.8 Å². The number of carbonyl (C=O) groups is 1. The smallest absolute Gasteiger partial charge is 0.306 e. The summed E-state index contributed by atoms with van der Waals surface area (Å²) in [5.41, 5.74) is 0. The van der Waals surface area contributed by atoms with Crippen LogP contribution in [0.15, 0.2) is 48.6 Å². The molecule has 1 aliphatic rings. The number of aliphatic hydroxyl groups is 1. The summed E-state index contributed by atoms with van der Waals surface area (Å²) in [7, 11) is 0. The van der Waals surface area contributed by atoms with Crippen molar-refractivity contribution in [1.82, 2.24) is 0 Å². The lowest BCUT2D eigenvalue weighted by Gasteiger charge is -2.20. The van der Waals surface area contributed by atoms with Gasteiger partial charge in [-0.3, -0.25) is 4.79 Å². The number of hydrogen-bond donors (Lipinski definition) is 1. The molecule has 0 spiro atoms. The van der Waals surface area contributed by atoms with E-state index < -0.39 is 12.2 Å². The van der Waals surface area contributed by atoms with Gasteiger partial charge in [0.25, 0.3) is 0 Å². The highest BCUT2D eigenvalue weighted by Crippen LogP contribution is 2.12. The highest BCUT2D eigenvalue weighted by Gasteiger charge is 2.20. The molecule has 1 rings (SSSR count). The van der Waals surface area contributed by atoms with Crippen LogP contribution >= 0.6 is 0 Å². The third-order valence-corrected chi connectivity index (χ3v) is 3.69. The first-order valence-corrected chi connectivity index (χ1v) is 8.76. The Hall–Kier alpha value is -1.61. The lowest BCUT2D eigenvalue weighted by molar-refractivity contribution is -0.151. The number of ether oxygens (including phenoxy) is 1. The number of cyclic esters (lactones) is 1. The van der Waals surface area contributed by atoms with Gasteiger partial charge in [-0.1, -0.05) is 62.3 Å². The topological polar surface area (TPSA) is 46.5 Å². The SMILES string of the molecule is CCCCC\C=C/C=C\C=C\[C@H]1OC(=O)CCC/C=C\C[C@@H]1O. The molecule has 0 aromatic carbocycles. The van der Waals surface area contributed by atoms with Crippen molar-refractivity contribution in [3.63, 3.8) is 0 Å². The standard InChI is InChI=1S/C20H30O3/c1-2-3-4-5-6-7-8-9-13-16-19-18(21)15-12-10-11-14-17-20(22)23-19/h6-10,12-13,16,18-19,21H,2-5,11,14-15,17H2,1H3/b7-6-,9-8-,12-10-,16-13+/t18-,19+/m0/s1. The third-order valence-electron chi connectivity index (χ3n) is 3.69. The molecule has 2 atom stereocenters. The lowest BCUT2D eigenvalue weighted by Crippen LogP contribution is -2.29. The van der Waals surface area contributed by atoms with E-state index in [2.05, 4.69) is 13.0 Å². The molecule has 0 aliphatic carbocycles. The zero-order chi connectivity index (χ0) is 16.8. The van der Waals surface area contributed by atoms with Gasteiger partial charge < -0.3 is 9.84 Å². The van der Waals surface area contributed by atoms with Gasteiger partial charge in [0.2, 0.25) is 0 Å². The molecule has 0 fully saturated rings. The Balaban J connectivity index is 2.44. The average molecular weight is 318 g/mol. The molecule has 3 heteroatoms. The predicted molar refractivity (Wildman–Crippen MR) is 95.1 cm³/mol. The van der Waals surface area contributed by atoms with Crippen LogP contribution in [0.5, 0.6) is 0 Å². The van der Waals surface area contributed by atoms with Crippen LogP contribution in [0.3, 0.4) is 0 Å². The van der Waals surface area contributed by atoms with E-state index in [9.17, 15) is 9.90 Å². The molecule has 0 amide bonds. The van der Waals surface area contributed by atoms with E-state index in [4.69, 9.17) is 4.74 Å².